The Hall–Kier alpha value is -3.77. The van der Waals surface area contributed by atoms with Crippen LogP contribution in [0.2, 0.25) is 0 Å². The molecule has 0 aliphatic carbocycles. The highest BCUT2D eigenvalue weighted by Gasteiger charge is 2.40. The van der Waals surface area contributed by atoms with Crippen molar-refractivity contribution < 1.29 is 8.78 Å². The Morgan fingerprint density at radius 3 is 2.82 bits per heavy atom. The highest BCUT2D eigenvalue weighted by Crippen LogP contribution is 2.38. The summed E-state index contributed by atoms with van der Waals surface area (Å²) in [5.74, 6) is -0.0568. The van der Waals surface area contributed by atoms with Gasteiger partial charge in [0.05, 0.1) is 29.4 Å². The van der Waals surface area contributed by atoms with Gasteiger partial charge in [-0.3, -0.25) is 10.3 Å². The van der Waals surface area contributed by atoms with Gasteiger partial charge in [-0.05, 0) is 31.2 Å². The van der Waals surface area contributed by atoms with Crippen LogP contribution in [0.3, 0.4) is 0 Å². The summed E-state index contributed by atoms with van der Waals surface area (Å²) in [6.45, 7) is 4.71. The summed E-state index contributed by atoms with van der Waals surface area (Å²) in [5.41, 5.74) is 13.5. The quantitative estimate of drug-likeness (QED) is 0.348. The van der Waals surface area contributed by atoms with E-state index in [1.54, 1.807) is 0 Å². The molecule has 0 amide bonds. The number of fused-ring (bicyclic) bond motifs is 2. The van der Waals surface area contributed by atoms with Gasteiger partial charge in [0.1, 0.15) is 28.8 Å². The Morgan fingerprint density at radius 2 is 2.06 bits per heavy atom. The van der Waals surface area contributed by atoms with Crippen molar-refractivity contribution in [3.63, 3.8) is 0 Å². The molecule has 1 aliphatic heterocycles. The van der Waals surface area contributed by atoms with Gasteiger partial charge in [0.25, 0.3) is 0 Å². The molecule has 0 bridgehead atoms. The normalized spacial score (nSPS) is 17.3. The lowest BCUT2D eigenvalue weighted by molar-refractivity contribution is 0.292. The van der Waals surface area contributed by atoms with Crippen LogP contribution in [0, 0.1) is 11.6 Å². The Kier molecular flexibility index (Phi) is 5.10. The molecule has 5 heterocycles. The summed E-state index contributed by atoms with van der Waals surface area (Å²) < 4.78 is 29.7. The first kappa shape index (κ1) is 21.1. The zero-order valence-corrected chi connectivity index (χ0v) is 18.0. The van der Waals surface area contributed by atoms with Crippen LogP contribution in [0.25, 0.3) is 22.6 Å². The minimum Gasteiger partial charge on any atom is -0.383 e. The molecule has 0 spiro atoms. The first-order chi connectivity index (χ1) is 16.0. The maximum Gasteiger partial charge on any atom is 0.184 e. The van der Waals surface area contributed by atoms with Crippen molar-refractivity contribution in [2.45, 2.75) is 32.5 Å². The van der Waals surface area contributed by atoms with Gasteiger partial charge in [-0.15, -0.1) is 0 Å². The van der Waals surface area contributed by atoms with Gasteiger partial charge in [0, 0.05) is 6.20 Å². The molecule has 0 aromatic carbocycles. The number of nitrogens with zero attached hydrogens (tertiary/aromatic N) is 6. The van der Waals surface area contributed by atoms with Crippen molar-refractivity contribution >= 4 is 22.7 Å². The SMILES string of the molecule is CCNC1(CC)NNc2nc(-c3nn(Cc4ncccc4F)c4ncc(F)cc34)nc(N)c21. The van der Waals surface area contributed by atoms with E-state index in [1.807, 2.05) is 13.8 Å². The van der Waals surface area contributed by atoms with E-state index in [2.05, 4.69) is 41.2 Å². The average molecular weight is 452 g/mol. The van der Waals surface area contributed by atoms with E-state index in [0.29, 0.717) is 35.4 Å². The van der Waals surface area contributed by atoms with E-state index in [-0.39, 0.29) is 29.6 Å². The molecule has 0 fully saturated rings. The van der Waals surface area contributed by atoms with Crippen molar-refractivity contribution in [2.75, 3.05) is 17.7 Å². The third-order valence-electron chi connectivity index (χ3n) is 5.67. The number of halogens is 2. The van der Waals surface area contributed by atoms with E-state index < -0.39 is 17.3 Å². The summed E-state index contributed by atoms with van der Waals surface area (Å²) in [7, 11) is 0. The molecule has 4 aromatic heterocycles. The van der Waals surface area contributed by atoms with Crippen molar-refractivity contribution in [1.29, 1.82) is 0 Å². The van der Waals surface area contributed by atoms with E-state index in [4.69, 9.17) is 5.73 Å². The minimum atomic E-state index is -0.613. The Morgan fingerprint density at radius 1 is 1.21 bits per heavy atom. The molecule has 33 heavy (non-hydrogen) atoms. The predicted molar refractivity (Wildman–Crippen MR) is 119 cm³/mol. The van der Waals surface area contributed by atoms with E-state index in [9.17, 15) is 8.78 Å². The highest BCUT2D eigenvalue weighted by atomic mass is 19.1. The summed E-state index contributed by atoms with van der Waals surface area (Å²) in [6, 6.07) is 4.11. The van der Waals surface area contributed by atoms with E-state index in [1.165, 1.54) is 29.1 Å². The monoisotopic (exact) mass is 452 g/mol. The lowest BCUT2D eigenvalue weighted by atomic mass is 9.99. The van der Waals surface area contributed by atoms with Gasteiger partial charge >= 0.3 is 0 Å². The van der Waals surface area contributed by atoms with Crippen LogP contribution < -0.4 is 21.9 Å². The second-order valence-electron chi connectivity index (χ2n) is 7.66. The highest BCUT2D eigenvalue weighted by molar-refractivity contribution is 5.90. The predicted octanol–water partition coefficient (Wildman–Crippen LogP) is 2.29. The maximum absolute atomic E-state index is 14.2. The number of aromatic nitrogens is 6. The van der Waals surface area contributed by atoms with Crippen LogP contribution >= 0.6 is 0 Å². The molecule has 5 N–H and O–H groups in total. The lowest BCUT2D eigenvalue weighted by Crippen LogP contribution is -2.51. The van der Waals surface area contributed by atoms with Crippen LogP contribution in [0.4, 0.5) is 20.4 Å². The number of nitrogens with two attached hydrogens (primary N) is 1. The standard InChI is InChI=1S/C21H22F2N10/c1-3-21(27-4-2)15-17(24)28-19(29-18(15)30-32-21)16-12-8-11(22)9-26-20(12)33(31-16)10-14-13(23)6-5-7-25-14/h5-9,27,32H,3-4,10H2,1-2H3,(H3,24,28,29,30). The van der Waals surface area contributed by atoms with Crippen LogP contribution in [0.15, 0.2) is 30.6 Å². The number of hydrogen-bond acceptors (Lipinski definition) is 9. The summed E-state index contributed by atoms with van der Waals surface area (Å²) in [6.07, 6.45) is 3.26. The fourth-order valence-corrected chi connectivity index (χ4v) is 4.13. The Labute approximate surface area is 187 Å². The summed E-state index contributed by atoms with van der Waals surface area (Å²) in [5, 5.41) is 8.29. The zero-order valence-electron chi connectivity index (χ0n) is 18.0. The summed E-state index contributed by atoms with van der Waals surface area (Å²) >= 11 is 0. The largest absolute Gasteiger partial charge is 0.383 e. The van der Waals surface area contributed by atoms with Crippen LogP contribution in [0.1, 0.15) is 31.5 Å². The van der Waals surface area contributed by atoms with Crippen molar-refractivity contribution in [3.8, 4) is 11.5 Å². The molecule has 4 aromatic rings. The molecule has 10 nitrogen and oxygen atoms in total. The fourth-order valence-electron chi connectivity index (χ4n) is 4.13. The molecule has 170 valence electrons. The molecular weight excluding hydrogens is 430 g/mol. The van der Waals surface area contributed by atoms with E-state index >= 15 is 0 Å². The number of hydrogen-bond donors (Lipinski definition) is 4. The lowest BCUT2D eigenvalue weighted by Gasteiger charge is -2.29. The molecule has 1 unspecified atom stereocenters. The average Bonchev–Trinajstić information content (AvgIpc) is 3.34. The molecule has 5 rings (SSSR count). The second-order valence-corrected chi connectivity index (χ2v) is 7.66. The first-order valence-electron chi connectivity index (χ1n) is 10.5. The van der Waals surface area contributed by atoms with Gasteiger partial charge in [-0.1, -0.05) is 13.8 Å². The molecule has 0 saturated heterocycles. The second kappa shape index (κ2) is 7.98. The number of rotatable bonds is 6. The molecule has 1 atom stereocenters. The smallest absolute Gasteiger partial charge is 0.184 e. The van der Waals surface area contributed by atoms with Gasteiger partial charge in [0.15, 0.2) is 17.3 Å². The van der Waals surface area contributed by atoms with Crippen molar-refractivity contribution in [2.24, 2.45) is 0 Å². The van der Waals surface area contributed by atoms with Crippen molar-refractivity contribution in [1.82, 2.24) is 40.5 Å². The maximum atomic E-state index is 14.2. The number of hydrazine groups is 1. The van der Waals surface area contributed by atoms with E-state index in [0.717, 1.165) is 6.20 Å². The number of anilines is 2. The molecule has 0 saturated carbocycles. The molecule has 12 heteroatoms. The number of nitrogen functional groups attached to an aromatic ring is 1. The van der Waals surface area contributed by atoms with Crippen LogP contribution in [-0.2, 0) is 12.2 Å². The topological polar surface area (TPSA) is 131 Å². The fraction of sp³-hybridized carbons (Fsp3) is 0.286. The van der Waals surface area contributed by atoms with Gasteiger partial charge < -0.3 is 11.2 Å². The third-order valence-corrected chi connectivity index (χ3v) is 5.67. The van der Waals surface area contributed by atoms with Crippen LogP contribution in [0.5, 0.6) is 0 Å². The molecular formula is C21H22F2N10. The number of nitrogens with one attached hydrogen (secondary N) is 3. The number of pyridine rings is 2. The first-order valence-corrected chi connectivity index (χ1v) is 10.5. The molecule has 1 aliphatic rings. The van der Waals surface area contributed by atoms with Gasteiger partial charge in [-0.2, -0.15) is 5.10 Å². The minimum absolute atomic E-state index is 0.00139. The molecule has 0 radical (unpaired) electrons. The van der Waals surface area contributed by atoms with Gasteiger partial charge in [0.2, 0.25) is 0 Å². The zero-order chi connectivity index (χ0) is 23.2. The van der Waals surface area contributed by atoms with Crippen molar-refractivity contribution in [3.05, 3.63) is 53.5 Å². The Balaban J connectivity index is 1.65. The summed E-state index contributed by atoms with van der Waals surface area (Å²) in [4.78, 5) is 17.3. The van der Waals surface area contributed by atoms with Gasteiger partial charge in [-0.25, -0.2) is 33.8 Å². The van der Waals surface area contributed by atoms with Crippen LogP contribution in [-0.4, -0.2) is 36.3 Å². The Bertz CT molecular complexity index is 1350. The third kappa shape index (κ3) is 3.43.